The molecule has 49 heavy (non-hydrogen) atoms. The van der Waals surface area contributed by atoms with Crippen LogP contribution < -0.4 is 9.47 Å². The van der Waals surface area contributed by atoms with Gasteiger partial charge in [-0.25, -0.2) is 14.4 Å². The van der Waals surface area contributed by atoms with Crippen LogP contribution in [0.1, 0.15) is 64.8 Å². The van der Waals surface area contributed by atoms with Crippen LogP contribution >= 0.6 is 0 Å². The second kappa shape index (κ2) is 18.5. The summed E-state index contributed by atoms with van der Waals surface area (Å²) in [6, 6.07) is 14.7. The smallest absolute Gasteiger partial charge is 0.389 e. The number of nitrogens with zero attached hydrogens (tertiary/aromatic N) is 2. The Morgan fingerprint density at radius 3 is 1.82 bits per heavy atom. The van der Waals surface area contributed by atoms with Gasteiger partial charge in [-0.2, -0.15) is 13.2 Å². The molecule has 0 saturated heterocycles. The SMILES string of the molecule is O=C(C=Cc1ccc(OC(=O)c2ccc(OCCCC(F)(F)F)cc2)cc1)OCCCCCCOC(=O)c1cc([N+](=O)[O-])cc([N+](=O)[O-])c1. The summed E-state index contributed by atoms with van der Waals surface area (Å²) in [7, 11) is 0. The lowest BCUT2D eigenvalue weighted by Gasteiger charge is -2.09. The van der Waals surface area contributed by atoms with Gasteiger partial charge in [-0.15, -0.1) is 0 Å². The second-order valence-electron chi connectivity index (χ2n) is 10.4. The van der Waals surface area contributed by atoms with Crippen LogP contribution in [0.5, 0.6) is 11.5 Å². The van der Waals surface area contributed by atoms with Crippen molar-refractivity contribution in [2.24, 2.45) is 0 Å². The molecule has 0 N–H and O–H groups in total. The summed E-state index contributed by atoms with van der Waals surface area (Å²) >= 11 is 0. The van der Waals surface area contributed by atoms with Gasteiger partial charge in [0.2, 0.25) is 0 Å². The molecule has 0 heterocycles. The van der Waals surface area contributed by atoms with Gasteiger partial charge < -0.3 is 18.9 Å². The van der Waals surface area contributed by atoms with E-state index in [1.54, 1.807) is 12.1 Å². The fraction of sp³-hybridized carbons (Fsp3) is 0.303. The number of halogens is 3. The standard InChI is InChI=1S/C33H31F3N2O11/c34-33(35,36)16-5-19-46-28-13-9-24(10-14-28)32(41)49-29-11-6-23(7-12-29)8-15-30(39)47-17-3-1-2-4-18-48-31(40)25-20-26(37(42)43)22-27(21-25)38(44)45/h6-15,20-22H,1-5,16-19H2. The van der Waals surface area contributed by atoms with Gasteiger partial charge in [0.1, 0.15) is 11.5 Å². The third-order valence-corrected chi connectivity index (χ3v) is 6.54. The first-order valence-corrected chi connectivity index (χ1v) is 14.9. The summed E-state index contributed by atoms with van der Waals surface area (Å²) in [5.74, 6) is -1.55. The van der Waals surface area contributed by atoms with Crippen molar-refractivity contribution in [3.63, 3.8) is 0 Å². The normalized spacial score (nSPS) is 11.2. The van der Waals surface area contributed by atoms with Crippen molar-refractivity contribution in [1.29, 1.82) is 0 Å². The van der Waals surface area contributed by atoms with Gasteiger partial charge in [0.25, 0.3) is 11.4 Å². The van der Waals surface area contributed by atoms with Gasteiger partial charge in [0.05, 0.1) is 46.9 Å². The molecule has 3 aromatic rings. The Bertz CT molecular complexity index is 1610. The minimum Gasteiger partial charge on any atom is -0.494 e. The molecule has 0 aliphatic rings. The van der Waals surface area contributed by atoms with E-state index < -0.39 is 51.7 Å². The fourth-order valence-electron chi connectivity index (χ4n) is 4.08. The number of carbonyl (C=O) groups is 3. The van der Waals surface area contributed by atoms with Gasteiger partial charge in [-0.3, -0.25) is 20.2 Å². The van der Waals surface area contributed by atoms with Gasteiger partial charge in [0.15, 0.2) is 0 Å². The average molecular weight is 689 g/mol. The topological polar surface area (TPSA) is 174 Å². The lowest BCUT2D eigenvalue weighted by Crippen LogP contribution is -2.10. The van der Waals surface area contributed by atoms with Gasteiger partial charge in [0, 0.05) is 24.6 Å². The molecule has 260 valence electrons. The molecule has 0 aliphatic heterocycles. The van der Waals surface area contributed by atoms with Gasteiger partial charge >= 0.3 is 24.1 Å². The Morgan fingerprint density at radius 2 is 1.24 bits per heavy atom. The van der Waals surface area contributed by atoms with Crippen molar-refractivity contribution in [2.75, 3.05) is 19.8 Å². The summed E-state index contributed by atoms with van der Waals surface area (Å²) < 4.78 is 57.4. The predicted molar refractivity (Wildman–Crippen MR) is 167 cm³/mol. The number of nitro benzene ring substituents is 2. The van der Waals surface area contributed by atoms with Crippen LogP contribution in [0.15, 0.2) is 72.8 Å². The molecule has 0 fully saturated rings. The highest BCUT2D eigenvalue weighted by atomic mass is 19.4. The zero-order chi connectivity index (χ0) is 35.8. The maximum absolute atomic E-state index is 12.4. The van der Waals surface area contributed by atoms with E-state index in [1.165, 1.54) is 48.6 Å². The molecular weight excluding hydrogens is 657 g/mol. The Kier molecular flexibility index (Phi) is 14.2. The van der Waals surface area contributed by atoms with Crippen molar-refractivity contribution in [3.8, 4) is 11.5 Å². The summed E-state index contributed by atoms with van der Waals surface area (Å²) in [6.45, 7) is 0.0401. The maximum atomic E-state index is 12.4. The van der Waals surface area contributed by atoms with E-state index in [4.69, 9.17) is 18.9 Å². The number of alkyl halides is 3. The van der Waals surface area contributed by atoms with Crippen LogP contribution in [0.3, 0.4) is 0 Å². The highest BCUT2D eigenvalue weighted by molar-refractivity contribution is 5.92. The number of esters is 3. The number of rotatable bonds is 18. The maximum Gasteiger partial charge on any atom is 0.389 e. The monoisotopic (exact) mass is 688 g/mol. The Hall–Kier alpha value is -5.80. The van der Waals surface area contributed by atoms with Crippen molar-refractivity contribution in [1.82, 2.24) is 0 Å². The van der Waals surface area contributed by atoms with Gasteiger partial charge in [-0.05, 0) is 80.1 Å². The van der Waals surface area contributed by atoms with E-state index in [0.29, 0.717) is 37.0 Å². The number of carbonyl (C=O) groups excluding carboxylic acids is 3. The summed E-state index contributed by atoms with van der Waals surface area (Å²) in [5, 5.41) is 21.9. The lowest BCUT2D eigenvalue weighted by molar-refractivity contribution is -0.394. The largest absolute Gasteiger partial charge is 0.494 e. The highest BCUT2D eigenvalue weighted by Gasteiger charge is 2.26. The highest BCUT2D eigenvalue weighted by Crippen LogP contribution is 2.24. The van der Waals surface area contributed by atoms with E-state index in [1.807, 2.05) is 0 Å². The number of benzene rings is 3. The van der Waals surface area contributed by atoms with Crippen molar-refractivity contribution in [2.45, 2.75) is 44.7 Å². The van der Waals surface area contributed by atoms with E-state index in [9.17, 15) is 47.8 Å². The molecule has 16 heteroatoms. The van der Waals surface area contributed by atoms with Crippen LogP contribution in [0.4, 0.5) is 24.5 Å². The molecule has 0 bridgehead atoms. The number of nitro groups is 2. The number of hydrogen-bond donors (Lipinski definition) is 0. The van der Waals surface area contributed by atoms with Crippen LogP contribution in [0.2, 0.25) is 0 Å². The summed E-state index contributed by atoms with van der Waals surface area (Å²) in [5.41, 5.74) is -0.632. The summed E-state index contributed by atoms with van der Waals surface area (Å²) in [6.07, 6.45) is -0.323. The molecule has 0 radical (unpaired) electrons. The molecule has 0 saturated carbocycles. The number of ether oxygens (including phenoxy) is 4. The lowest BCUT2D eigenvalue weighted by atomic mass is 10.1. The first-order valence-electron chi connectivity index (χ1n) is 14.9. The van der Waals surface area contributed by atoms with Crippen LogP contribution in [-0.2, 0) is 14.3 Å². The minimum atomic E-state index is -4.24. The van der Waals surface area contributed by atoms with Crippen molar-refractivity contribution >= 4 is 35.4 Å². The number of non-ortho nitro benzene ring substituents is 2. The van der Waals surface area contributed by atoms with E-state index in [-0.39, 0.29) is 43.1 Å². The number of hydrogen-bond acceptors (Lipinski definition) is 11. The molecule has 0 aliphatic carbocycles. The van der Waals surface area contributed by atoms with E-state index >= 15 is 0 Å². The third-order valence-electron chi connectivity index (χ3n) is 6.54. The zero-order valence-corrected chi connectivity index (χ0v) is 25.9. The molecular formula is C33H31F3N2O11. The average Bonchev–Trinajstić information content (AvgIpc) is 3.07. The van der Waals surface area contributed by atoms with Crippen molar-refractivity contribution in [3.05, 3.63) is 110 Å². The second-order valence-corrected chi connectivity index (χ2v) is 10.4. The molecule has 13 nitrogen and oxygen atoms in total. The molecule has 3 aromatic carbocycles. The van der Waals surface area contributed by atoms with Gasteiger partial charge in [-0.1, -0.05) is 12.1 Å². The first-order chi connectivity index (χ1) is 23.3. The minimum absolute atomic E-state index is 0.00229. The Balaban J connectivity index is 1.29. The van der Waals surface area contributed by atoms with E-state index in [2.05, 4.69) is 0 Å². The molecule has 0 atom stereocenters. The van der Waals surface area contributed by atoms with E-state index in [0.717, 1.165) is 18.2 Å². The first kappa shape index (κ1) is 37.7. The molecule has 0 aromatic heterocycles. The molecule has 0 spiro atoms. The van der Waals surface area contributed by atoms with Crippen LogP contribution in [0.25, 0.3) is 6.08 Å². The summed E-state index contributed by atoms with van der Waals surface area (Å²) in [4.78, 5) is 56.9. The van der Waals surface area contributed by atoms with Crippen LogP contribution in [0, 0.1) is 20.2 Å². The third kappa shape index (κ3) is 13.8. The number of unbranched alkanes of at least 4 members (excludes halogenated alkanes) is 3. The Morgan fingerprint density at radius 1 is 0.673 bits per heavy atom. The Labute approximate surface area is 277 Å². The van der Waals surface area contributed by atoms with Crippen LogP contribution in [-0.4, -0.2) is 53.8 Å². The zero-order valence-electron chi connectivity index (χ0n) is 25.9. The molecule has 0 unspecified atom stereocenters. The predicted octanol–water partition coefficient (Wildman–Crippen LogP) is 7.42. The molecule has 0 amide bonds. The quantitative estimate of drug-likeness (QED) is 0.0325. The fourth-order valence-corrected chi connectivity index (χ4v) is 4.08. The molecule has 3 rings (SSSR count). The van der Waals surface area contributed by atoms with Crippen molar-refractivity contribution < 1.29 is 56.3 Å².